The fourth-order valence-corrected chi connectivity index (χ4v) is 1.21. The average Bonchev–Trinajstić information content (AvgIpc) is 2.23. The molecule has 0 saturated carbocycles. The Labute approximate surface area is 87.4 Å². The molecule has 0 aliphatic heterocycles. The Hall–Kier alpha value is -0.120. The summed E-state index contributed by atoms with van der Waals surface area (Å²) in [6.45, 7) is 6.58. The number of ether oxygens (including phenoxy) is 2. The van der Waals surface area contributed by atoms with Gasteiger partial charge in [-0.15, -0.1) is 0 Å². The van der Waals surface area contributed by atoms with Crippen molar-refractivity contribution >= 4 is 0 Å². The second-order valence-electron chi connectivity index (χ2n) is 4.03. The monoisotopic (exact) mass is 204 g/mol. The van der Waals surface area contributed by atoms with Crippen molar-refractivity contribution in [3.8, 4) is 0 Å². The van der Waals surface area contributed by atoms with Crippen molar-refractivity contribution < 1.29 is 14.6 Å². The molecular weight excluding hydrogens is 180 g/mol. The predicted molar refractivity (Wildman–Crippen MR) is 57.4 cm³/mol. The molecule has 1 unspecified atom stereocenters. The minimum absolute atomic E-state index is 0.0740. The van der Waals surface area contributed by atoms with Gasteiger partial charge in [-0.2, -0.15) is 0 Å². The van der Waals surface area contributed by atoms with Crippen LogP contribution in [-0.4, -0.2) is 38.6 Å². The van der Waals surface area contributed by atoms with E-state index >= 15 is 0 Å². The van der Waals surface area contributed by atoms with E-state index in [2.05, 4.69) is 13.8 Å². The van der Waals surface area contributed by atoms with Crippen LogP contribution < -0.4 is 0 Å². The second kappa shape index (κ2) is 8.21. The maximum Gasteiger partial charge on any atom is 0.0700 e. The van der Waals surface area contributed by atoms with E-state index in [9.17, 15) is 0 Å². The van der Waals surface area contributed by atoms with E-state index in [-0.39, 0.29) is 12.0 Å². The first-order valence-corrected chi connectivity index (χ1v) is 5.36. The zero-order chi connectivity index (χ0) is 10.9. The molecule has 1 N–H and O–H groups in total. The standard InChI is InChI=1S/C11H24O3/c1-4-11(2,10-12)6-5-7-14-9-8-13-3/h12H,4-10H2,1-3H3. The highest BCUT2D eigenvalue weighted by molar-refractivity contribution is 4.70. The zero-order valence-corrected chi connectivity index (χ0v) is 9.71. The van der Waals surface area contributed by atoms with Crippen molar-refractivity contribution in [3.63, 3.8) is 0 Å². The fraction of sp³-hybridized carbons (Fsp3) is 1.00. The van der Waals surface area contributed by atoms with Crippen molar-refractivity contribution in [2.24, 2.45) is 5.41 Å². The Morgan fingerprint density at radius 3 is 2.43 bits per heavy atom. The highest BCUT2D eigenvalue weighted by Crippen LogP contribution is 2.26. The molecule has 0 aromatic heterocycles. The smallest absolute Gasteiger partial charge is 0.0700 e. The van der Waals surface area contributed by atoms with Crippen LogP contribution in [0.15, 0.2) is 0 Å². The number of aliphatic hydroxyl groups excluding tert-OH is 1. The van der Waals surface area contributed by atoms with Crippen LogP contribution in [0, 0.1) is 5.41 Å². The van der Waals surface area contributed by atoms with Gasteiger partial charge in [0.05, 0.1) is 13.2 Å². The Morgan fingerprint density at radius 1 is 1.21 bits per heavy atom. The molecule has 0 radical (unpaired) electrons. The number of methoxy groups -OCH3 is 1. The fourth-order valence-electron chi connectivity index (χ4n) is 1.21. The van der Waals surface area contributed by atoms with Gasteiger partial charge in [-0.1, -0.05) is 13.8 Å². The minimum Gasteiger partial charge on any atom is -0.396 e. The Morgan fingerprint density at radius 2 is 1.93 bits per heavy atom. The molecule has 0 aromatic carbocycles. The van der Waals surface area contributed by atoms with E-state index in [4.69, 9.17) is 14.6 Å². The van der Waals surface area contributed by atoms with Crippen LogP contribution in [-0.2, 0) is 9.47 Å². The largest absolute Gasteiger partial charge is 0.396 e. The molecule has 0 fully saturated rings. The molecule has 3 heteroatoms. The molecule has 0 bridgehead atoms. The summed E-state index contributed by atoms with van der Waals surface area (Å²) in [4.78, 5) is 0. The topological polar surface area (TPSA) is 38.7 Å². The van der Waals surface area contributed by atoms with Gasteiger partial charge in [0.25, 0.3) is 0 Å². The molecule has 14 heavy (non-hydrogen) atoms. The van der Waals surface area contributed by atoms with Crippen molar-refractivity contribution in [3.05, 3.63) is 0 Å². The SMILES string of the molecule is CCC(C)(CO)CCCOCCOC. The first kappa shape index (κ1) is 13.9. The molecule has 3 nitrogen and oxygen atoms in total. The third kappa shape index (κ3) is 6.35. The molecule has 0 aliphatic rings. The maximum absolute atomic E-state index is 9.17. The van der Waals surface area contributed by atoms with Crippen molar-refractivity contribution in [2.45, 2.75) is 33.1 Å². The van der Waals surface area contributed by atoms with Crippen LogP contribution in [0.1, 0.15) is 33.1 Å². The Kier molecular flexibility index (Phi) is 8.14. The summed E-state index contributed by atoms with van der Waals surface area (Å²) in [6, 6.07) is 0. The number of rotatable bonds is 9. The summed E-state index contributed by atoms with van der Waals surface area (Å²) in [7, 11) is 1.67. The number of aliphatic hydroxyl groups is 1. The van der Waals surface area contributed by atoms with E-state index in [1.165, 1.54) is 0 Å². The van der Waals surface area contributed by atoms with Crippen LogP contribution in [0.3, 0.4) is 0 Å². The van der Waals surface area contributed by atoms with Crippen LogP contribution in [0.25, 0.3) is 0 Å². The first-order valence-electron chi connectivity index (χ1n) is 5.36. The van der Waals surface area contributed by atoms with Crippen molar-refractivity contribution in [1.82, 2.24) is 0 Å². The van der Waals surface area contributed by atoms with Gasteiger partial charge in [0, 0.05) is 20.3 Å². The van der Waals surface area contributed by atoms with Gasteiger partial charge in [-0.25, -0.2) is 0 Å². The normalized spacial score (nSPS) is 15.4. The van der Waals surface area contributed by atoms with Crippen LogP contribution in [0.4, 0.5) is 0 Å². The van der Waals surface area contributed by atoms with Gasteiger partial charge >= 0.3 is 0 Å². The lowest BCUT2D eigenvalue weighted by molar-refractivity contribution is 0.0574. The third-order valence-electron chi connectivity index (χ3n) is 2.74. The molecule has 0 heterocycles. The molecule has 0 spiro atoms. The summed E-state index contributed by atoms with van der Waals surface area (Å²) < 4.78 is 10.2. The number of hydrogen-bond acceptors (Lipinski definition) is 3. The third-order valence-corrected chi connectivity index (χ3v) is 2.74. The lowest BCUT2D eigenvalue weighted by Crippen LogP contribution is -2.20. The molecule has 0 saturated heterocycles. The zero-order valence-electron chi connectivity index (χ0n) is 9.71. The van der Waals surface area contributed by atoms with Gasteiger partial charge in [0.15, 0.2) is 0 Å². The molecule has 0 amide bonds. The molecule has 0 rings (SSSR count). The van der Waals surface area contributed by atoms with E-state index in [1.54, 1.807) is 7.11 Å². The van der Waals surface area contributed by atoms with Crippen LogP contribution in [0.5, 0.6) is 0 Å². The molecule has 86 valence electrons. The van der Waals surface area contributed by atoms with Crippen LogP contribution >= 0.6 is 0 Å². The van der Waals surface area contributed by atoms with Crippen molar-refractivity contribution in [2.75, 3.05) is 33.5 Å². The van der Waals surface area contributed by atoms with Gasteiger partial charge in [0.2, 0.25) is 0 Å². The van der Waals surface area contributed by atoms with E-state index in [0.29, 0.717) is 13.2 Å². The highest BCUT2D eigenvalue weighted by atomic mass is 16.5. The van der Waals surface area contributed by atoms with E-state index in [0.717, 1.165) is 25.9 Å². The van der Waals surface area contributed by atoms with Gasteiger partial charge in [-0.3, -0.25) is 0 Å². The van der Waals surface area contributed by atoms with Gasteiger partial charge < -0.3 is 14.6 Å². The first-order chi connectivity index (χ1) is 6.68. The summed E-state index contributed by atoms with van der Waals surface area (Å²) in [5, 5.41) is 9.17. The second-order valence-corrected chi connectivity index (χ2v) is 4.03. The Balaban J connectivity index is 3.34. The Bertz CT molecular complexity index is 122. The van der Waals surface area contributed by atoms with E-state index in [1.807, 2.05) is 0 Å². The van der Waals surface area contributed by atoms with Gasteiger partial charge in [-0.05, 0) is 24.7 Å². The summed E-state index contributed by atoms with van der Waals surface area (Å²) in [6.07, 6.45) is 3.04. The van der Waals surface area contributed by atoms with Crippen molar-refractivity contribution in [1.29, 1.82) is 0 Å². The minimum atomic E-state index is 0.0740. The quantitative estimate of drug-likeness (QED) is 0.582. The molecule has 0 aromatic rings. The predicted octanol–water partition coefficient (Wildman–Crippen LogP) is 1.84. The van der Waals surface area contributed by atoms with Crippen LogP contribution in [0.2, 0.25) is 0 Å². The average molecular weight is 204 g/mol. The highest BCUT2D eigenvalue weighted by Gasteiger charge is 2.19. The maximum atomic E-state index is 9.17. The lowest BCUT2D eigenvalue weighted by atomic mass is 9.84. The molecule has 0 aliphatic carbocycles. The summed E-state index contributed by atoms with van der Waals surface area (Å²) in [5.74, 6) is 0. The molecular formula is C11H24O3. The molecule has 1 atom stereocenters. The lowest BCUT2D eigenvalue weighted by Gasteiger charge is -2.25. The summed E-state index contributed by atoms with van der Waals surface area (Å²) >= 11 is 0. The summed E-state index contributed by atoms with van der Waals surface area (Å²) in [5.41, 5.74) is 0.0740. The number of hydrogen-bond donors (Lipinski definition) is 1. The van der Waals surface area contributed by atoms with E-state index < -0.39 is 0 Å². The van der Waals surface area contributed by atoms with Gasteiger partial charge in [0.1, 0.15) is 0 Å².